The molecule has 4 rings (SSSR count). The molecule has 0 amide bonds. The van der Waals surface area contributed by atoms with E-state index in [1.807, 2.05) is 43.3 Å². The molecule has 0 aliphatic carbocycles. The van der Waals surface area contributed by atoms with Gasteiger partial charge in [0.15, 0.2) is 5.82 Å². The van der Waals surface area contributed by atoms with E-state index in [-0.39, 0.29) is 11.5 Å². The number of ether oxygens (including phenoxy) is 1. The van der Waals surface area contributed by atoms with Gasteiger partial charge in [-0.3, -0.25) is 4.79 Å². The number of para-hydroxylation sites is 1. The lowest BCUT2D eigenvalue weighted by Crippen LogP contribution is -2.21. The fraction of sp³-hybridized carbons (Fsp3) is 0.300. The third-order valence-electron chi connectivity index (χ3n) is 6.54. The van der Waals surface area contributed by atoms with E-state index in [1.165, 1.54) is 4.68 Å². The van der Waals surface area contributed by atoms with Crippen LogP contribution in [0, 0.1) is 6.92 Å². The molecule has 36 heavy (non-hydrogen) atoms. The Labute approximate surface area is 212 Å². The number of anilines is 1. The molecule has 0 aliphatic heterocycles. The van der Waals surface area contributed by atoms with E-state index in [4.69, 9.17) is 9.72 Å². The molecule has 0 fully saturated rings. The molecule has 0 N–H and O–H groups in total. The minimum atomic E-state index is -0.201. The van der Waals surface area contributed by atoms with Gasteiger partial charge in [0.1, 0.15) is 5.75 Å². The second-order valence-corrected chi connectivity index (χ2v) is 9.14. The first-order chi connectivity index (χ1) is 17.4. The SMILES string of the molecule is CCN(CC)c1ccc(C=Nn2c(-c3cc(C(C)C)c(OC)cc3C)nc3ccccc3c2=O)cc1. The predicted octanol–water partition coefficient (Wildman–Crippen LogP) is 6.23. The number of nitrogens with zero attached hydrogens (tertiary/aromatic N) is 4. The molecule has 1 heterocycles. The van der Waals surface area contributed by atoms with Gasteiger partial charge in [-0.1, -0.05) is 38.1 Å². The van der Waals surface area contributed by atoms with Crippen LogP contribution in [-0.4, -0.2) is 36.1 Å². The minimum absolute atomic E-state index is 0.201. The molecule has 0 bridgehead atoms. The summed E-state index contributed by atoms with van der Waals surface area (Å²) in [6.45, 7) is 12.4. The summed E-state index contributed by atoms with van der Waals surface area (Å²) >= 11 is 0. The molecule has 0 aliphatic rings. The van der Waals surface area contributed by atoms with Gasteiger partial charge < -0.3 is 9.64 Å². The zero-order valence-corrected chi connectivity index (χ0v) is 21.9. The molecule has 186 valence electrons. The third kappa shape index (κ3) is 4.89. The van der Waals surface area contributed by atoms with E-state index >= 15 is 0 Å². The van der Waals surface area contributed by atoms with Crippen molar-refractivity contribution in [1.82, 2.24) is 9.66 Å². The van der Waals surface area contributed by atoms with Crippen molar-refractivity contribution in [2.75, 3.05) is 25.1 Å². The minimum Gasteiger partial charge on any atom is -0.496 e. The number of rotatable bonds is 8. The fourth-order valence-corrected chi connectivity index (χ4v) is 4.46. The van der Waals surface area contributed by atoms with Gasteiger partial charge in [-0.25, -0.2) is 4.98 Å². The molecule has 3 aromatic carbocycles. The van der Waals surface area contributed by atoms with Crippen LogP contribution in [0.25, 0.3) is 22.3 Å². The maximum atomic E-state index is 13.6. The normalized spacial score (nSPS) is 11.5. The highest BCUT2D eigenvalue weighted by Gasteiger charge is 2.18. The van der Waals surface area contributed by atoms with Gasteiger partial charge in [-0.2, -0.15) is 9.78 Å². The molecular formula is C30H34N4O2. The molecule has 1 aromatic heterocycles. The number of hydrogen-bond donors (Lipinski definition) is 0. The number of aryl methyl sites for hydroxylation is 1. The molecule has 0 saturated carbocycles. The number of fused-ring (bicyclic) bond motifs is 1. The second kappa shape index (κ2) is 10.8. The van der Waals surface area contributed by atoms with Crippen LogP contribution in [0.1, 0.15) is 50.3 Å². The molecule has 0 unspecified atom stereocenters. The summed E-state index contributed by atoms with van der Waals surface area (Å²) in [5.41, 5.74) is 5.40. The highest BCUT2D eigenvalue weighted by Crippen LogP contribution is 2.34. The predicted molar refractivity (Wildman–Crippen MR) is 150 cm³/mol. The Morgan fingerprint density at radius 2 is 1.75 bits per heavy atom. The Bertz CT molecular complexity index is 1450. The molecule has 0 radical (unpaired) electrons. The lowest BCUT2D eigenvalue weighted by molar-refractivity contribution is 0.407. The first-order valence-electron chi connectivity index (χ1n) is 12.5. The summed E-state index contributed by atoms with van der Waals surface area (Å²) < 4.78 is 7.04. The van der Waals surface area contributed by atoms with Gasteiger partial charge in [0.2, 0.25) is 0 Å². The van der Waals surface area contributed by atoms with Gasteiger partial charge in [0, 0.05) is 24.3 Å². The van der Waals surface area contributed by atoms with E-state index in [1.54, 1.807) is 19.4 Å². The van der Waals surface area contributed by atoms with Crippen molar-refractivity contribution in [3.8, 4) is 17.1 Å². The zero-order chi connectivity index (χ0) is 25.8. The number of benzene rings is 3. The summed E-state index contributed by atoms with van der Waals surface area (Å²) in [6.07, 6.45) is 1.72. The number of methoxy groups -OCH3 is 1. The lowest BCUT2D eigenvalue weighted by Gasteiger charge is -2.20. The van der Waals surface area contributed by atoms with Gasteiger partial charge in [-0.05, 0) is 79.8 Å². The van der Waals surface area contributed by atoms with Crippen molar-refractivity contribution >= 4 is 22.8 Å². The average Bonchev–Trinajstić information content (AvgIpc) is 2.89. The quantitative estimate of drug-likeness (QED) is 0.279. The van der Waals surface area contributed by atoms with Crippen molar-refractivity contribution in [3.63, 3.8) is 0 Å². The maximum Gasteiger partial charge on any atom is 0.282 e. The third-order valence-corrected chi connectivity index (χ3v) is 6.54. The Morgan fingerprint density at radius 3 is 2.39 bits per heavy atom. The van der Waals surface area contributed by atoms with Crippen LogP contribution in [0.2, 0.25) is 0 Å². The number of hydrogen-bond acceptors (Lipinski definition) is 5. The first kappa shape index (κ1) is 25.2. The summed E-state index contributed by atoms with van der Waals surface area (Å²) in [7, 11) is 1.68. The van der Waals surface area contributed by atoms with Crippen LogP contribution in [0.4, 0.5) is 5.69 Å². The van der Waals surface area contributed by atoms with Crippen molar-refractivity contribution in [1.29, 1.82) is 0 Å². The molecule has 4 aromatic rings. The van der Waals surface area contributed by atoms with Gasteiger partial charge in [0.05, 0.1) is 24.2 Å². The average molecular weight is 483 g/mol. The van der Waals surface area contributed by atoms with Crippen molar-refractivity contribution in [2.45, 2.75) is 40.5 Å². The molecule has 0 saturated heterocycles. The van der Waals surface area contributed by atoms with Crippen LogP contribution in [0.15, 0.2) is 70.6 Å². The van der Waals surface area contributed by atoms with E-state index in [2.05, 4.69) is 55.9 Å². The van der Waals surface area contributed by atoms with Crippen molar-refractivity contribution < 1.29 is 4.74 Å². The summed E-state index contributed by atoms with van der Waals surface area (Å²) in [5.74, 6) is 1.59. The molecule has 0 atom stereocenters. The summed E-state index contributed by atoms with van der Waals surface area (Å²) in [6, 6.07) is 19.7. The van der Waals surface area contributed by atoms with Crippen LogP contribution in [0.5, 0.6) is 5.75 Å². The summed E-state index contributed by atoms with van der Waals surface area (Å²) in [4.78, 5) is 20.8. The molecule has 6 heteroatoms. The smallest absolute Gasteiger partial charge is 0.282 e. The van der Waals surface area contributed by atoms with E-state index in [0.29, 0.717) is 16.7 Å². The Morgan fingerprint density at radius 1 is 1.06 bits per heavy atom. The van der Waals surface area contributed by atoms with E-state index < -0.39 is 0 Å². The van der Waals surface area contributed by atoms with Crippen LogP contribution in [-0.2, 0) is 0 Å². The van der Waals surface area contributed by atoms with Gasteiger partial charge in [0.25, 0.3) is 5.56 Å². The Balaban J connectivity index is 1.88. The van der Waals surface area contributed by atoms with E-state index in [9.17, 15) is 4.79 Å². The molecule has 0 spiro atoms. The number of aromatic nitrogens is 2. The largest absolute Gasteiger partial charge is 0.496 e. The van der Waals surface area contributed by atoms with Gasteiger partial charge >= 0.3 is 0 Å². The monoisotopic (exact) mass is 482 g/mol. The lowest BCUT2D eigenvalue weighted by atomic mass is 9.96. The second-order valence-electron chi connectivity index (χ2n) is 9.14. The van der Waals surface area contributed by atoms with E-state index in [0.717, 1.165) is 46.8 Å². The Hall–Kier alpha value is -3.93. The standard InChI is InChI=1S/C30H34N4O2/c1-7-33(8-2)23-15-13-22(14-16-23)19-31-34-29(32-27-12-10-9-11-24(27)30(34)35)26-18-25(20(3)4)28(36-6)17-21(26)5/h9-20H,7-8H2,1-6H3. The molecule has 6 nitrogen and oxygen atoms in total. The highest BCUT2D eigenvalue weighted by atomic mass is 16.5. The zero-order valence-electron chi connectivity index (χ0n) is 21.9. The van der Waals surface area contributed by atoms with Crippen LogP contribution in [0.3, 0.4) is 0 Å². The van der Waals surface area contributed by atoms with Crippen molar-refractivity contribution in [3.05, 3.63) is 87.7 Å². The first-order valence-corrected chi connectivity index (χ1v) is 12.5. The highest BCUT2D eigenvalue weighted by molar-refractivity contribution is 5.83. The maximum absolute atomic E-state index is 13.6. The van der Waals surface area contributed by atoms with Crippen LogP contribution < -0.4 is 15.2 Å². The molecular weight excluding hydrogens is 448 g/mol. The van der Waals surface area contributed by atoms with Crippen LogP contribution >= 0.6 is 0 Å². The Kier molecular flexibility index (Phi) is 7.53. The fourth-order valence-electron chi connectivity index (χ4n) is 4.46. The van der Waals surface area contributed by atoms with Gasteiger partial charge in [-0.15, -0.1) is 0 Å². The van der Waals surface area contributed by atoms with Crippen molar-refractivity contribution in [2.24, 2.45) is 5.10 Å². The topological polar surface area (TPSA) is 59.7 Å². The summed E-state index contributed by atoms with van der Waals surface area (Å²) in [5, 5.41) is 5.18.